The van der Waals surface area contributed by atoms with Gasteiger partial charge >= 0.3 is 0 Å². The lowest BCUT2D eigenvalue weighted by molar-refractivity contribution is -0.114. The van der Waals surface area contributed by atoms with Gasteiger partial charge in [-0.05, 0) is 60.5 Å². The predicted molar refractivity (Wildman–Crippen MR) is 111 cm³/mol. The first-order valence-corrected chi connectivity index (χ1v) is 9.13. The fraction of sp³-hybridized carbons (Fsp3) is 0.136. The Hall–Kier alpha value is -3.74. The van der Waals surface area contributed by atoms with Crippen LogP contribution in [0.2, 0.25) is 0 Å². The average Bonchev–Trinajstić information content (AvgIpc) is 2.71. The second-order valence-electron chi connectivity index (χ2n) is 6.45. The zero-order chi connectivity index (χ0) is 20.6. The van der Waals surface area contributed by atoms with Crippen LogP contribution < -0.4 is 16.0 Å². The summed E-state index contributed by atoms with van der Waals surface area (Å²) in [6.45, 7) is 1.88. The third-order valence-corrected chi connectivity index (χ3v) is 4.10. The van der Waals surface area contributed by atoms with Crippen LogP contribution in [-0.4, -0.2) is 23.3 Å². The summed E-state index contributed by atoms with van der Waals surface area (Å²) in [5.74, 6) is -0.692. The highest BCUT2D eigenvalue weighted by molar-refractivity contribution is 5.93. The number of carbonyl (C=O) groups excluding carboxylic acids is 2. The van der Waals surface area contributed by atoms with Crippen LogP contribution in [0.15, 0.2) is 66.9 Å². The number of carbonyl (C=O) groups is 2. The maximum absolute atomic E-state index is 12.9. The minimum Gasteiger partial charge on any atom is -0.355 e. The summed E-state index contributed by atoms with van der Waals surface area (Å²) < 4.78 is 12.9. The number of pyridine rings is 1. The van der Waals surface area contributed by atoms with E-state index in [1.807, 2.05) is 12.1 Å². The van der Waals surface area contributed by atoms with Gasteiger partial charge in [-0.3, -0.25) is 14.6 Å². The maximum Gasteiger partial charge on any atom is 0.269 e. The molecule has 0 saturated carbocycles. The van der Waals surface area contributed by atoms with E-state index >= 15 is 0 Å². The smallest absolute Gasteiger partial charge is 0.269 e. The monoisotopic (exact) mass is 392 g/mol. The number of anilines is 3. The van der Waals surface area contributed by atoms with Gasteiger partial charge in [0.25, 0.3) is 5.91 Å². The minimum atomic E-state index is -0.281. The Morgan fingerprint density at radius 3 is 2.31 bits per heavy atom. The number of rotatable bonds is 7. The Morgan fingerprint density at radius 1 is 0.931 bits per heavy atom. The van der Waals surface area contributed by atoms with Crippen molar-refractivity contribution in [2.24, 2.45) is 0 Å². The van der Waals surface area contributed by atoms with Crippen LogP contribution in [0, 0.1) is 5.82 Å². The molecule has 2 amide bonds. The molecule has 148 valence electrons. The number of hydrogen-bond acceptors (Lipinski definition) is 4. The van der Waals surface area contributed by atoms with Gasteiger partial charge in [-0.25, -0.2) is 4.39 Å². The Kier molecular flexibility index (Phi) is 6.52. The van der Waals surface area contributed by atoms with E-state index in [9.17, 15) is 14.0 Å². The van der Waals surface area contributed by atoms with E-state index in [1.165, 1.54) is 19.1 Å². The molecule has 3 aromatic rings. The third-order valence-electron chi connectivity index (χ3n) is 4.10. The van der Waals surface area contributed by atoms with Crippen molar-refractivity contribution in [1.82, 2.24) is 10.3 Å². The SMILES string of the molecule is CC(=O)Nc1ccc(Nc2ccnc(C(=O)NCCc3ccc(F)cc3)c2)cc1. The van der Waals surface area contributed by atoms with Crippen molar-refractivity contribution in [1.29, 1.82) is 0 Å². The van der Waals surface area contributed by atoms with E-state index in [-0.39, 0.29) is 17.6 Å². The van der Waals surface area contributed by atoms with Gasteiger partial charge < -0.3 is 16.0 Å². The minimum absolute atomic E-state index is 0.130. The first kappa shape index (κ1) is 20.0. The summed E-state index contributed by atoms with van der Waals surface area (Å²) >= 11 is 0. The topological polar surface area (TPSA) is 83.1 Å². The predicted octanol–water partition coefficient (Wildman–Crippen LogP) is 3.90. The van der Waals surface area contributed by atoms with Gasteiger partial charge in [-0.2, -0.15) is 0 Å². The highest BCUT2D eigenvalue weighted by Crippen LogP contribution is 2.19. The highest BCUT2D eigenvalue weighted by atomic mass is 19.1. The molecule has 3 N–H and O–H groups in total. The van der Waals surface area contributed by atoms with Crippen LogP contribution in [0.3, 0.4) is 0 Å². The number of benzene rings is 2. The fourth-order valence-corrected chi connectivity index (χ4v) is 2.70. The van der Waals surface area contributed by atoms with Gasteiger partial charge in [0.1, 0.15) is 11.5 Å². The van der Waals surface area contributed by atoms with Crippen LogP contribution in [0.5, 0.6) is 0 Å². The Labute approximate surface area is 168 Å². The molecule has 0 aliphatic rings. The molecule has 0 bridgehead atoms. The van der Waals surface area contributed by atoms with Crippen LogP contribution in [0.4, 0.5) is 21.5 Å². The summed E-state index contributed by atoms with van der Waals surface area (Å²) in [6, 6.07) is 16.8. The van der Waals surface area contributed by atoms with Crippen molar-refractivity contribution in [2.75, 3.05) is 17.2 Å². The molecular weight excluding hydrogens is 371 g/mol. The zero-order valence-corrected chi connectivity index (χ0v) is 15.9. The summed E-state index contributed by atoms with van der Waals surface area (Å²) in [7, 11) is 0. The van der Waals surface area contributed by atoms with Crippen LogP contribution >= 0.6 is 0 Å². The molecule has 0 radical (unpaired) electrons. The van der Waals surface area contributed by atoms with Gasteiger partial charge in [0, 0.05) is 36.7 Å². The number of amides is 2. The molecule has 6 nitrogen and oxygen atoms in total. The zero-order valence-electron chi connectivity index (χ0n) is 15.9. The number of hydrogen-bond donors (Lipinski definition) is 3. The summed E-state index contributed by atoms with van der Waals surface area (Å²) in [4.78, 5) is 27.5. The molecule has 0 fully saturated rings. The summed E-state index contributed by atoms with van der Waals surface area (Å²) in [5, 5.41) is 8.72. The maximum atomic E-state index is 12.9. The molecule has 1 heterocycles. The molecule has 3 rings (SSSR count). The number of aromatic nitrogens is 1. The van der Waals surface area contributed by atoms with Crippen molar-refractivity contribution in [3.63, 3.8) is 0 Å². The van der Waals surface area contributed by atoms with E-state index in [0.717, 1.165) is 16.9 Å². The molecule has 29 heavy (non-hydrogen) atoms. The van der Waals surface area contributed by atoms with E-state index in [2.05, 4.69) is 20.9 Å². The van der Waals surface area contributed by atoms with Gasteiger partial charge in [-0.1, -0.05) is 12.1 Å². The average molecular weight is 392 g/mol. The molecule has 7 heteroatoms. The van der Waals surface area contributed by atoms with Crippen molar-refractivity contribution >= 4 is 28.9 Å². The standard InChI is InChI=1S/C22H21FN4O2/c1-15(28)26-18-6-8-19(9-7-18)27-20-11-13-24-21(14-20)22(29)25-12-10-16-2-4-17(23)5-3-16/h2-9,11,13-14H,10,12H2,1H3,(H,24,27)(H,25,29)(H,26,28). The lowest BCUT2D eigenvalue weighted by atomic mass is 10.1. The molecule has 0 atom stereocenters. The van der Waals surface area contributed by atoms with E-state index in [0.29, 0.717) is 24.3 Å². The lowest BCUT2D eigenvalue weighted by Crippen LogP contribution is -2.26. The third kappa shape index (κ3) is 6.14. The van der Waals surface area contributed by atoms with Crippen molar-refractivity contribution in [2.45, 2.75) is 13.3 Å². The highest BCUT2D eigenvalue weighted by Gasteiger charge is 2.08. The van der Waals surface area contributed by atoms with Crippen LogP contribution in [0.1, 0.15) is 23.0 Å². The first-order valence-electron chi connectivity index (χ1n) is 9.13. The van der Waals surface area contributed by atoms with Crippen LogP contribution in [0.25, 0.3) is 0 Å². The van der Waals surface area contributed by atoms with Crippen LogP contribution in [-0.2, 0) is 11.2 Å². The second kappa shape index (κ2) is 9.45. The fourth-order valence-electron chi connectivity index (χ4n) is 2.70. The van der Waals surface area contributed by atoms with E-state index < -0.39 is 0 Å². The molecule has 2 aromatic carbocycles. The Morgan fingerprint density at radius 2 is 1.62 bits per heavy atom. The van der Waals surface area contributed by atoms with E-state index in [1.54, 1.807) is 42.6 Å². The van der Waals surface area contributed by atoms with Crippen molar-refractivity contribution in [3.8, 4) is 0 Å². The van der Waals surface area contributed by atoms with Gasteiger partial charge in [0.15, 0.2) is 0 Å². The van der Waals surface area contributed by atoms with Gasteiger partial charge in [-0.15, -0.1) is 0 Å². The van der Waals surface area contributed by atoms with Crippen molar-refractivity contribution < 1.29 is 14.0 Å². The molecular formula is C22H21FN4O2. The summed E-state index contributed by atoms with van der Waals surface area (Å²) in [5.41, 5.74) is 3.48. The summed E-state index contributed by atoms with van der Waals surface area (Å²) in [6.07, 6.45) is 2.16. The molecule has 0 aliphatic carbocycles. The van der Waals surface area contributed by atoms with E-state index in [4.69, 9.17) is 0 Å². The van der Waals surface area contributed by atoms with Gasteiger partial charge in [0.2, 0.25) is 5.91 Å². The molecule has 1 aromatic heterocycles. The first-order chi connectivity index (χ1) is 14.0. The lowest BCUT2D eigenvalue weighted by Gasteiger charge is -2.10. The Balaban J connectivity index is 1.56. The molecule has 0 unspecified atom stereocenters. The molecule has 0 saturated heterocycles. The van der Waals surface area contributed by atoms with Gasteiger partial charge in [0.05, 0.1) is 0 Å². The molecule has 0 aliphatic heterocycles. The quantitative estimate of drug-likeness (QED) is 0.570. The number of nitrogens with zero attached hydrogens (tertiary/aromatic N) is 1. The second-order valence-corrected chi connectivity index (χ2v) is 6.45. The number of halogens is 1. The Bertz CT molecular complexity index is 988. The normalized spacial score (nSPS) is 10.3. The molecule has 0 spiro atoms. The number of nitrogens with one attached hydrogen (secondary N) is 3. The van der Waals surface area contributed by atoms with Crippen molar-refractivity contribution in [3.05, 3.63) is 83.9 Å². The largest absolute Gasteiger partial charge is 0.355 e.